The minimum absolute atomic E-state index is 0.109. The second-order valence-corrected chi connectivity index (χ2v) is 14.4. The Balaban J connectivity index is 1.62. The van der Waals surface area contributed by atoms with E-state index in [4.69, 9.17) is 4.74 Å². The van der Waals surface area contributed by atoms with Crippen LogP contribution < -0.4 is 16.0 Å². The van der Waals surface area contributed by atoms with Crippen molar-refractivity contribution < 1.29 is 42.7 Å². The summed E-state index contributed by atoms with van der Waals surface area (Å²) in [4.78, 5) is 98.7. The number of likely N-dealkylation sites (N-methyl/N-ethyl adjacent to an activating group) is 1. The van der Waals surface area contributed by atoms with E-state index in [-0.39, 0.29) is 37.7 Å². The molecule has 3 N–H and O–H groups in total. The SMILES string of the molecule is CCCC/C=C/C(=O)N[C@@H](Cc1cccc(F)c1)C(=O)N[C@H]1COC(=O)[C@@H]2CCCN2C(=O)[C@H](C)NC(=O)CCCCCN(C)C(=O)[C@@H]2CCCN2C1=O. The van der Waals surface area contributed by atoms with Gasteiger partial charge in [0, 0.05) is 39.5 Å². The molecule has 0 aromatic heterocycles. The predicted octanol–water partition coefficient (Wildman–Crippen LogP) is 2.15. The standard InChI is InChI=1S/C39H55FN6O8/c1-4-5-6-8-19-34(48)42-29(24-27-14-11-15-28(40)23-27)35(49)43-30-25-54-39(53)32-17-13-22-46(32)36(50)26(2)41-33(47)18-9-7-10-20-44(3)38(52)31-16-12-21-45(31)37(30)51/h8,11,14-15,19,23,26,29-32H,4-7,9-10,12-13,16-18,20-22,24-25H2,1-3H3,(H,41,47)(H,42,48)(H,43,49)/b19-8+/t26-,29-,30-,31-,32-/m0/s1. The van der Waals surface area contributed by atoms with Gasteiger partial charge in [-0.3, -0.25) is 28.8 Å². The minimum Gasteiger partial charge on any atom is -0.461 e. The van der Waals surface area contributed by atoms with Gasteiger partial charge in [0.2, 0.25) is 35.4 Å². The highest BCUT2D eigenvalue weighted by molar-refractivity contribution is 5.96. The lowest BCUT2D eigenvalue weighted by atomic mass is 10.0. The molecule has 3 aliphatic heterocycles. The smallest absolute Gasteiger partial charge is 0.328 e. The third-order valence-electron chi connectivity index (χ3n) is 10.1. The van der Waals surface area contributed by atoms with Crippen LogP contribution >= 0.6 is 0 Å². The van der Waals surface area contributed by atoms with Crippen LogP contribution in [-0.2, 0) is 44.7 Å². The number of esters is 1. The summed E-state index contributed by atoms with van der Waals surface area (Å²) < 4.78 is 19.8. The first-order chi connectivity index (χ1) is 25.9. The zero-order chi connectivity index (χ0) is 39.2. The number of nitrogens with zero attached hydrogens (tertiary/aromatic N) is 3. The molecule has 0 saturated carbocycles. The van der Waals surface area contributed by atoms with Gasteiger partial charge >= 0.3 is 5.97 Å². The molecule has 0 aliphatic carbocycles. The Hall–Kier alpha value is -4.82. The summed E-state index contributed by atoms with van der Waals surface area (Å²) in [5.74, 6) is -4.27. The van der Waals surface area contributed by atoms with E-state index in [9.17, 15) is 38.0 Å². The van der Waals surface area contributed by atoms with Crippen molar-refractivity contribution in [1.82, 2.24) is 30.7 Å². The third kappa shape index (κ3) is 11.8. The fourth-order valence-corrected chi connectivity index (χ4v) is 7.11. The van der Waals surface area contributed by atoms with Gasteiger partial charge in [-0.15, -0.1) is 0 Å². The maximum atomic E-state index is 14.3. The maximum absolute atomic E-state index is 14.3. The van der Waals surface area contributed by atoms with Gasteiger partial charge in [0.05, 0.1) is 0 Å². The van der Waals surface area contributed by atoms with Crippen molar-refractivity contribution in [3.05, 3.63) is 47.8 Å². The molecule has 3 aliphatic rings. The number of allylic oxidation sites excluding steroid dienone is 1. The van der Waals surface area contributed by atoms with Crippen molar-refractivity contribution in [3.8, 4) is 0 Å². The maximum Gasteiger partial charge on any atom is 0.328 e. The molecular formula is C39H55FN6O8. The average Bonchev–Trinajstić information content (AvgIpc) is 3.84. The van der Waals surface area contributed by atoms with Crippen LogP contribution in [0.4, 0.5) is 4.39 Å². The van der Waals surface area contributed by atoms with Gasteiger partial charge in [-0.05, 0) is 75.6 Å². The van der Waals surface area contributed by atoms with Gasteiger partial charge in [0.1, 0.15) is 42.6 Å². The number of carbonyl (C=O) groups is 7. The van der Waals surface area contributed by atoms with Crippen molar-refractivity contribution in [1.29, 1.82) is 0 Å². The third-order valence-corrected chi connectivity index (χ3v) is 10.1. The largest absolute Gasteiger partial charge is 0.461 e. The van der Waals surface area contributed by atoms with Crippen molar-refractivity contribution in [2.24, 2.45) is 0 Å². The van der Waals surface area contributed by atoms with Crippen molar-refractivity contribution >= 4 is 41.4 Å². The Morgan fingerprint density at radius 3 is 2.41 bits per heavy atom. The highest BCUT2D eigenvalue weighted by Gasteiger charge is 2.42. The Morgan fingerprint density at radius 2 is 1.69 bits per heavy atom. The van der Waals surface area contributed by atoms with E-state index < -0.39 is 72.2 Å². The van der Waals surface area contributed by atoms with E-state index in [1.165, 1.54) is 34.1 Å². The van der Waals surface area contributed by atoms with Crippen LogP contribution in [0.1, 0.15) is 90.0 Å². The van der Waals surface area contributed by atoms with Crippen LogP contribution in [0, 0.1) is 5.82 Å². The fourth-order valence-electron chi connectivity index (χ4n) is 7.11. The number of hydrogen-bond acceptors (Lipinski definition) is 8. The molecule has 0 unspecified atom stereocenters. The first-order valence-electron chi connectivity index (χ1n) is 19.2. The zero-order valence-corrected chi connectivity index (χ0v) is 31.7. The zero-order valence-electron chi connectivity index (χ0n) is 31.7. The average molecular weight is 755 g/mol. The molecule has 6 amide bonds. The van der Waals surface area contributed by atoms with Crippen molar-refractivity contribution in [2.75, 3.05) is 33.3 Å². The highest BCUT2D eigenvalue weighted by atomic mass is 19.1. The van der Waals surface area contributed by atoms with Gasteiger partial charge in [0.15, 0.2) is 0 Å². The number of amides is 6. The molecular weight excluding hydrogens is 699 g/mol. The van der Waals surface area contributed by atoms with Crippen molar-refractivity contribution in [3.63, 3.8) is 0 Å². The number of fused-ring (bicyclic) bond motifs is 2. The van der Waals surface area contributed by atoms with E-state index in [0.29, 0.717) is 63.5 Å². The summed E-state index contributed by atoms with van der Waals surface area (Å²) in [6.07, 6.45) is 9.19. The number of hydrogen-bond donors (Lipinski definition) is 3. The molecule has 1 aromatic rings. The first-order valence-corrected chi connectivity index (χ1v) is 19.2. The number of ether oxygens (including phenoxy) is 1. The molecule has 3 saturated heterocycles. The molecule has 296 valence electrons. The van der Waals surface area contributed by atoms with Crippen LogP contribution in [0.25, 0.3) is 0 Å². The normalized spacial score (nSPS) is 24.4. The van der Waals surface area contributed by atoms with Gasteiger partial charge < -0.3 is 35.4 Å². The number of rotatable bonds is 9. The molecule has 54 heavy (non-hydrogen) atoms. The van der Waals surface area contributed by atoms with Gasteiger partial charge in [0.25, 0.3) is 0 Å². The Kier molecular flexibility index (Phi) is 16.0. The van der Waals surface area contributed by atoms with Crippen LogP contribution in [0.5, 0.6) is 0 Å². The van der Waals surface area contributed by atoms with Crippen LogP contribution in [0.15, 0.2) is 36.4 Å². The topological polar surface area (TPSA) is 175 Å². The molecule has 1 aromatic carbocycles. The highest BCUT2D eigenvalue weighted by Crippen LogP contribution is 2.23. The number of halogens is 1. The lowest BCUT2D eigenvalue weighted by molar-refractivity contribution is -0.157. The molecule has 5 atom stereocenters. The number of nitrogens with one attached hydrogen (secondary N) is 3. The first kappa shape index (κ1) is 41.9. The van der Waals surface area contributed by atoms with E-state index in [2.05, 4.69) is 16.0 Å². The van der Waals surface area contributed by atoms with E-state index in [1.54, 1.807) is 31.0 Å². The Morgan fingerprint density at radius 1 is 0.963 bits per heavy atom. The van der Waals surface area contributed by atoms with Gasteiger partial charge in [-0.1, -0.05) is 44.4 Å². The van der Waals surface area contributed by atoms with Gasteiger partial charge in [-0.2, -0.15) is 0 Å². The number of benzene rings is 1. The van der Waals surface area contributed by atoms with Crippen LogP contribution in [0.3, 0.4) is 0 Å². The molecule has 4 rings (SSSR count). The van der Waals surface area contributed by atoms with Crippen molar-refractivity contribution in [2.45, 2.75) is 121 Å². The summed E-state index contributed by atoms with van der Waals surface area (Å²) in [6.45, 7) is 3.87. The van der Waals surface area contributed by atoms with E-state index in [0.717, 1.165) is 12.8 Å². The molecule has 3 fully saturated rings. The number of unbranched alkanes of at least 4 members (excludes halogenated alkanes) is 2. The van der Waals surface area contributed by atoms with Crippen LogP contribution in [-0.4, -0.2) is 120 Å². The summed E-state index contributed by atoms with van der Waals surface area (Å²) in [5, 5.41) is 8.05. The second kappa shape index (κ2) is 20.6. The predicted molar refractivity (Wildman–Crippen MR) is 197 cm³/mol. The molecule has 0 radical (unpaired) electrons. The summed E-state index contributed by atoms with van der Waals surface area (Å²) in [6, 6.07) is 0.226. The lowest BCUT2D eigenvalue weighted by Crippen LogP contribution is -2.58. The summed E-state index contributed by atoms with van der Waals surface area (Å²) in [5.41, 5.74) is 0.420. The quantitative estimate of drug-likeness (QED) is 0.195. The van der Waals surface area contributed by atoms with Crippen LogP contribution in [0.2, 0.25) is 0 Å². The molecule has 14 nitrogen and oxygen atoms in total. The van der Waals surface area contributed by atoms with E-state index >= 15 is 0 Å². The Bertz CT molecular complexity index is 1550. The Labute approximate surface area is 316 Å². The lowest BCUT2D eigenvalue weighted by Gasteiger charge is -2.32. The molecule has 3 heterocycles. The monoisotopic (exact) mass is 754 g/mol. The molecule has 15 heteroatoms. The van der Waals surface area contributed by atoms with Gasteiger partial charge in [-0.25, -0.2) is 9.18 Å². The number of cyclic esters (lactones) is 1. The summed E-state index contributed by atoms with van der Waals surface area (Å²) >= 11 is 0. The van der Waals surface area contributed by atoms with E-state index in [1.807, 2.05) is 6.92 Å². The minimum atomic E-state index is -1.46. The molecule has 0 spiro atoms. The second-order valence-electron chi connectivity index (χ2n) is 14.4. The molecule has 0 bridgehead atoms. The number of carbonyl (C=O) groups excluding carboxylic acids is 7. The summed E-state index contributed by atoms with van der Waals surface area (Å²) in [7, 11) is 1.65. The fraction of sp³-hybridized carbons (Fsp3) is 0.615.